The molecular formula is C24H35N5O2. The summed E-state index contributed by atoms with van der Waals surface area (Å²) in [5.74, 6) is 3.66. The summed E-state index contributed by atoms with van der Waals surface area (Å²) in [6.07, 6.45) is 9.58. The highest BCUT2D eigenvalue weighted by atomic mass is 16.5. The second-order valence-electron chi connectivity index (χ2n) is 10.2. The van der Waals surface area contributed by atoms with Gasteiger partial charge in [0.15, 0.2) is 0 Å². The molecule has 4 N–H and O–H groups in total. The number of rotatable bonds is 9. The average molecular weight is 426 g/mol. The fourth-order valence-electron chi connectivity index (χ4n) is 5.03. The number of nitrogens with zero attached hydrogens (tertiary/aromatic N) is 2. The quantitative estimate of drug-likeness (QED) is 0.407. The topological polar surface area (TPSA) is 104 Å². The Morgan fingerprint density at radius 3 is 2.58 bits per heavy atom. The maximum Gasteiger partial charge on any atom is 0.252 e. The van der Waals surface area contributed by atoms with E-state index in [0.717, 1.165) is 24.8 Å². The Labute approximate surface area is 184 Å². The van der Waals surface area contributed by atoms with E-state index in [4.69, 9.17) is 20.9 Å². The second kappa shape index (κ2) is 8.52. The van der Waals surface area contributed by atoms with Crippen molar-refractivity contribution in [1.82, 2.24) is 4.98 Å². The van der Waals surface area contributed by atoms with E-state index in [1.165, 1.54) is 25.7 Å². The van der Waals surface area contributed by atoms with Crippen LogP contribution in [0, 0.1) is 29.1 Å². The minimum Gasteiger partial charge on any atom is -0.478 e. The molecule has 1 amide bonds. The maximum atomic E-state index is 12.0. The number of aromatic nitrogens is 1. The van der Waals surface area contributed by atoms with Crippen LogP contribution in [0.5, 0.6) is 0 Å². The van der Waals surface area contributed by atoms with Gasteiger partial charge in [-0.25, -0.2) is 4.98 Å². The van der Waals surface area contributed by atoms with Crippen molar-refractivity contribution in [2.45, 2.75) is 58.4 Å². The summed E-state index contributed by atoms with van der Waals surface area (Å²) in [6, 6.07) is 3.46. The molecule has 1 aromatic heterocycles. The number of primary amides is 1. The zero-order valence-electron chi connectivity index (χ0n) is 18.9. The van der Waals surface area contributed by atoms with E-state index in [-0.39, 0.29) is 11.4 Å². The second-order valence-corrected chi connectivity index (χ2v) is 10.2. The number of pyridine rings is 1. The monoisotopic (exact) mass is 425 g/mol. The van der Waals surface area contributed by atoms with Gasteiger partial charge in [-0.15, -0.1) is 0 Å². The molecule has 31 heavy (non-hydrogen) atoms. The van der Waals surface area contributed by atoms with Gasteiger partial charge < -0.3 is 20.7 Å². The van der Waals surface area contributed by atoms with E-state index in [2.05, 4.69) is 31.0 Å². The van der Waals surface area contributed by atoms with Crippen LogP contribution < -0.4 is 16.0 Å². The number of carbonyl (C=O) groups is 1. The number of nitrogens with one attached hydrogen (secondary N) is 2. The van der Waals surface area contributed by atoms with Gasteiger partial charge >= 0.3 is 0 Å². The molecule has 1 aromatic rings. The predicted octanol–water partition coefficient (Wildman–Crippen LogP) is 4.16. The van der Waals surface area contributed by atoms with Crippen molar-refractivity contribution in [3.8, 4) is 0 Å². The lowest BCUT2D eigenvalue weighted by molar-refractivity contribution is 0.100. The number of hydrogen-bond donors (Lipinski definition) is 3. The van der Waals surface area contributed by atoms with Crippen molar-refractivity contribution in [3.05, 3.63) is 30.0 Å². The first-order valence-corrected chi connectivity index (χ1v) is 11.5. The van der Waals surface area contributed by atoms with Crippen LogP contribution in [0.3, 0.4) is 0 Å². The van der Waals surface area contributed by atoms with Crippen molar-refractivity contribution in [3.63, 3.8) is 0 Å². The molecule has 2 aliphatic carbocycles. The minimum absolute atomic E-state index is 0.0965. The molecule has 0 radical (unpaired) electrons. The molecule has 7 heteroatoms. The number of hydrogen-bond acceptors (Lipinski definition) is 6. The van der Waals surface area contributed by atoms with Crippen LogP contribution in [0.4, 0.5) is 11.6 Å². The molecular weight excluding hydrogens is 390 g/mol. The standard InChI is InChI=1S/C24H35N5O2/c1-15-12-24(2,3)29(13-15)23-18(22(26)30)8-9-21(28-23)27-11-10-20(25)31-14-19(16-4-5-16)17-6-7-17/h8-11,15-17,19,25H,4-7,12-14H2,1-3H3,(H2,26,30)(H,27,28)/b11-10-,25-20?/t15-/m0/s1. The van der Waals surface area contributed by atoms with Crippen LogP contribution in [0.2, 0.25) is 0 Å². The van der Waals surface area contributed by atoms with Crippen LogP contribution in [0.1, 0.15) is 63.2 Å². The molecule has 1 aliphatic heterocycles. The third kappa shape index (κ3) is 5.20. The lowest BCUT2D eigenvalue weighted by Gasteiger charge is -2.33. The van der Waals surface area contributed by atoms with E-state index >= 15 is 0 Å². The third-order valence-electron chi connectivity index (χ3n) is 6.82. The molecule has 0 spiro atoms. The summed E-state index contributed by atoms with van der Waals surface area (Å²) in [4.78, 5) is 18.9. The number of ether oxygens (including phenoxy) is 1. The van der Waals surface area contributed by atoms with Gasteiger partial charge in [-0.3, -0.25) is 10.2 Å². The third-order valence-corrected chi connectivity index (χ3v) is 6.82. The predicted molar refractivity (Wildman–Crippen MR) is 123 cm³/mol. The van der Waals surface area contributed by atoms with Gasteiger partial charge in [0.1, 0.15) is 11.6 Å². The first-order chi connectivity index (χ1) is 14.7. The summed E-state index contributed by atoms with van der Waals surface area (Å²) in [7, 11) is 0. The zero-order chi connectivity index (χ0) is 22.2. The molecule has 0 bridgehead atoms. The molecule has 2 heterocycles. The molecule has 7 nitrogen and oxygen atoms in total. The van der Waals surface area contributed by atoms with E-state index in [1.54, 1.807) is 24.4 Å². The van der Waals surface area contributed by atoms with E-state index < -0.39 is 5.91 Å². The van der Waals surface area contributed by atoms with Gasteiger partial charge in [0, 0.05) is 24.4 Å². The van der Waals surface area contributed by atoms with Crippen molar-refractivity contribution >= 4 is 23.4 Å². The highest BCUT2D eigenvalue weighted by molar-refractivity contribution is 5.98. The van der Waals surface area contributed by atoms with Crippen molar-refractivity contribution < 1.29 is 9.53 Å². The lowest BCUT2D eigenvalue weighted by atomic mass is 9.97. The summed E-state index contributed by atoms with van der Waals surface area (Å²) in [5.41, 5.74) is 5.95. The molecule has 1 saturated heterocycles. The Balaban J connectivity index is 1.39. The Hall–Kier alpha value is -2.57. The molecule has 3 fully saturated rings. The van der Waals surface area contributed by atoms with Crippen LogP contribution in [0.25, 0.3) is 0 Å². The zero-order valence-corrected chi connectivity index (χ0v) is 18.9. The average Bonchev–Trinajstić information content (AvgIpc) is 3.60. The van der Waals surface area contributed by atoms with Gasteiger partial charge in [-0.1, -0.05) is 6.92 Å². The summed E-state index contributed by atoms with van der Waals surface area (Å²) >= 11 is 0. The Morgan fingerprint density at radius 2 is 2.03 bits per heavy atom. The lowest BCUT2D eigenvalue weighted by Crippen LogP contribution is -2.40. The summed E-state index contributed by atoms with van der Waals surface area (Å²) in [5, 5.41) is 11.2. The highest BCUT2D eigenvalue weighted by Gasteiger charge is 2.42. The highest BCUT2D eigenvalue weighted by Crippen LogP contribution is 2.49. The molecule has 0 unspecified atom stereocenters. The fraction of sp³-hybridized carbons (Fsp3) is 0.625. The minimum atomic E-state index is -0.476. The Kier molecular flexibility index (Phi) is 5.95. The van der Waals surface area contributed by atoms with Gasteiger partial charge in [-0.2, -0.15) is 0 Å². The smallest absolute Gasteiger partial charge is 0.252 e. The SMILES string of the molecule is C[C@@H]1CN(c2nc(N/C=C\C(=N)OCC(C3CC3)C3CC3)ccc2C(N)=O)C(C)(C)C1. The van der Waals surface area contributed by atoms with Crippen molar-refractivity contribution in [2.24, 2.45) is 29.4 Å². The Bertz CT molecular complexity index is 861. The van der Waals surface area contributed by atoms with Gasteiger partial charge in [0.2, 0.25) is 5.90 Å². The van der Waals surface area contributed by atoms with E-state index in [9.17, 15) is 4.79 Å². The number of anilines is 2. The molecule has 0 aromatic carbocycles. The van der Waals surface area contributed by atoms with Gasteiger partial charge in [0.25, 0.3) is 5.91 Å². The largest absolute Gasteiger partial charge is 0.478 e. The van der Waals surface area contributed by atoms with Crippen molar-refractivity contribution in [1.29, 1.82) is 5.41 Å². The molecule has 3 aliphatic rings. The molecule has 2 saturated carbocycles. The summed E-state index contributed by atoms with van der Waals surface area (Å²) < 4.78 is 5.71. The van der Waals surface area contributed by atoms with Crippen LogP contribution in [0.15, 0.2) is 24.4 Å². The number of nitrogens with two attached hydrogens (primary N) is 1. The normalized spacial score (nSPS) is 22.8. The van der Waals surface area contributed by atoms with E-state index in [1.807, 2.05) is 0 Å². The Morgan fingerprint density at radius 1 is 1.35 bits per heavy atom. The van der Waals surface area contributed by atoms with E-state index in [0.29, 0.717) is 35.6 Å². The number of amides is 1. The first-order valence-electron chi connectivity index (χ1n) is 11.5. The van der Waals surface area contributed by atoms with Crippen LogP contribution in [-0.2, 0) is 4.74 Å². The van der Waals surface area contributed by atoms with Crippen LogP contribution in [-0.4, -0.2) is 35.5 Å². The molecule has 1 atom stereocenters. The summed E-state index contributed by atoms with van der Waals surface area (Å²) in [6.45, 7) is 8.02. The molecule has 168 valence electrons. The fourth-order valence-corrected chi connectivity index (χ4v) is 5.03. The van der Waals surface area contributed by atoms with Crippen molar-refractivity contribution in [2.75, 3.05) is 23.4 Å². The number of carbonyl (C=O) groups excluding carboxylic acids is 1. The molecule has 4 rings (SSSR count). The van der Waals surface area contributed by atoms with Gasteiger partial charge in [-0.05, 0) is 81.8 Å². The van der Waals surface area contributed by atoms with Gasteiger partial charge in [0.05, 0.1) is 12.2 Å². The first kappa shape index (κ1) is 21.7. The maximum absolute atomic E-state index is 12.0. The van der Waals surface area contributed by atoms with Crippen LogP contribution >= 0.6 is 0 Å².